The molecule has 0 bridgehead atoms. The number of carbonyl (C=O) groups excluding carboxylic acids is 1. The fraction of sp³-hybridized carbons (Fsp3) is 0.250. The number of nitrogens with one attached hydrogen (secondary N) is 1. The number of aromatic nitrogens is 1. The molecule has 21 heavy (non-hydrogen) atoms. The fourth-order valence-corrected chi connectivity index (χ4v) is 1.94. The molecule has 5 nitrogen and oxygen atoms in total. The maximum absolute atomic E-state index is 12.5. The molecule has 0 aliphatic rings. The van der Waals surface area contributed by atoms with Crippen LogP contribution in [0.4, 0.5) is 11.5 Å². The van der Waals surface area contributed by atoms with Gasteiger partial charge in [-0.25, -0.2) is 4.98 Å². The van der Waals surface area contributed by atoms with E-state index < -0.39 is 5.41 Å². The molecular weight excluding hydrogens is 266 g/mol. The Bertz CT molecular complexity index is 664. The Morgan fingerprint density at radius 1 is 1.19 bits per heavy atom. The second-order valence-corrected chi connectivity index (χ2v) is 5.52. The van der Waals surface area contributed by atoms with Gasteiger partial charge in [0.1, 0.15) is 0 Å². The summed E-state index contributed by atoms with van der Waals surface area (Å²) in [5.74, 6) is -0.133. The predicted octanol–water partition coefficient (Wildman–Crippen LogP) is 2.59. The van der Waals surface area contributed by atoms with Crippen molar-refractivity contribution in [2.24, 2.45) is 0 Å². The highest BCUT2D eigenvalue weighted by Gasteiger charge is 2.30. The molecule has 0 unspecified atom stereocenters. The van der Waals surface area contributed by atoms with Crippen molar-refractivity contribution >= 4 is 17.4 Å². The van der Waals surface area contributed by atoms with Gasteiger partial charge < -0.3 is 16.2 Å². The number of carbonyl (C=O) groups is 1. The largest absolute Gasteiger partial charge is 0.504 e. The summed E-state index contributed by atoms with van der Waals surface area (Å²) in [6.45, 7) is 5.40. The lowest BCUT2D eigenvalue weighted by Gasteiger charge is -2.24. The topological polar surface area (TPSA) is 88.2 Å². The number of amides is 1. The summed E-state index contributed by atoms with van der Waals surface area (Å²) in [5.41, 5.74) is 7.09. The minimum atomic E-state index is -0.772. The Hall–Kier alpha value is -2.56. The molecule has 0 saturated carbocycles. The van der Waals surface area contributed by atoms with E-state index in [1.165, 1.54) is 6.07 Å². The Labute approximate surface area is 123 Å². The first kappa shape index (κ1) is 14.8. The Morgan fingerprint density at radius 3 is 2.43 bits per heavy atom. The third kappa shape index (κ3) is 3.13. The molecule has 0 radical (unpaired) electrons. The van der Waals surface area contributed by atoms with Crippen LogP contribution in [0.1, 0.15) is 25.1 Å². The number of pyridine rings is 1. The minimum absolute atomic E-state index is 0.0537. The zero-order chi connectivity index (χ0) is 15.6. The average Bonchev–Trinajstić information content (AvgIpc) is 2.43. The monoisotopic (exact) mass is 285 g/mol. The number of nitrogens with two attached hydrogens (primary N) is 1. The molecule has 4 N–H and O–H groups in total. The van der Waals surface area contributed by atoms with Crippen LogP contribution in [0.25, 0.3) is 0 Å². The van der Waals surface area contributed by atoms with Crippen molar-refractivity contribution in [1.29, 1.82) is 0 Å². The molecule has 0 aliphatic carbocycles. The zero-order valence-corrected chi connectivity index (χ0v) is 12.3. The molecular formula is C16H19N3O2. The molecule has 0 spiro atoms. The van der Waals surface area contributed by atoms with E-state index in [1.54, 1.807) is 39.0 Å². The van der Waals surface area contributed by atoms with Gasteiger partial charge in [-0.2, -0.15) is 0 Å². The summed E-state index contributed by atoms with van der Waals surface area (Å²) in [5, 5.41) is 12.4. The van der Waals surface area contributed by atoms with Crippen LogP contribution in [-0.4, -0.2) is 16.0 Å². The van der Waals surface area contributed by atoms with Gasteiger partial charge in [0.15, 0.2) is 11.6 Å². The number of nitrogens with zero attached hydrogens (tertiary/aromatic N) is 1. The molecule has 0 fully saturated rings. The summed E-state index contributed by atoms with van der Waals surface area (Å²) >= 11 is 0. The van der Waals surface area contributed by atoms with Gasteiger partial charge in [0.2, 0.25) is 5.91 Å². The van der Waals surface area contributed by atoms with Crippen LogP contribution in [0.2, 0.25) is 0 Å². The molecule has 1 aromatic carbocycles. The van der Waals surface area contributed by atoms with Gasteiger partial charge in [0.25, 0.3) is 0 Å². The molecule has 2 rings (SSSR count). The van der Waals surface area contributed by atoms with Gasteiger partial charge in [0, 0.05) is 11.4 Å². The third-order valence-electron chi connectivity index (χ3n) is 3.45. The molecule has 1 aromatic heterocycles. The van der Waals surface area contributed by atoms with Crippen LogP contribution in [-0.2, 0) is 10.2 Å². The van der Waals surface area contributed by atoms with E-state index in [0.29, 0.717) is 11.4 Å². The molecule has 0 saturated heterocycles. The Morgan fingerprint density at radius 2 is 1.81 bits per heavy atom. The zero-order valence-electron chi connectivity index (χ0n) is 12.3. The first-order valence-electron chi connectivity index (χ1n) is 6.65. The maximum atomic E-state index is 12.5. The molecule has 2 aromatic rings. The summed E-state index contributed by atoms with van der Waals surface area (Å²) in [6, 6.07) is 10.3. The molecule has 1 heterocycles. The fourth-order valence-electron chi connectivity index (χ4n) is 1.94. The Balaban J connectivity index is 2.26. The van der Waals surface area contributed by atoms with E-state index >= 15 is 0 Å². The summed E-state index contributed by atoms with van der Waals surface area (Å²) in [7, 11) is 0. The van der Waals surface area contributed by atoms with Crippen LogP contribution in [0, 0.1) is 6.92 Å². The third-order valence-corrected chi connectivity index (χ3v) is 3.45. The lowest BCUT2D eigenvalue weighted by molar-refractivity contribution is -0.120. The van der Waals surface area contributed by atoms with E-state index in [-0.39, 0.29) is 17.5 Å². The van der Waals surface area contributed by atoms with Crippen LogP contribution in [0.3, 0.4) is 0 Å². The first-order valence-corrected chi connectivity index (χ1v) is 6.65. The number of anilines is 2. The first-order chi connectivity index (χ1) is 9.80. The lowest BCUT2D eigenvalue weighted by atomic mass is 9.83. The van der Waals surface area contributed by atoms with E-state index in [4.69, 9.17) is 5.73 Å². The van der Waals surface area contributed by atoms with E-state index in [2.05, 4.69) is 10.3 Å². The number of rotatable bonds is 3. The standard InChI is InChI=1S/C16H19N3O2/c1-10-4-9-13(20)14(18-10)19-15(21)16(2,3)11-5-7-12(17)8-6-11/h4-9,20H,17H2,1-3H3,(H,18,19,21). The maximum Gasteiger partial charge on any atom is 0.235 e. The van der Waals surface area contributed by atoms with Gasteiger partial charge in [0.05, 0.1) is 5.41 Å². The quantitative estimate of drug-likeness (QED) is 0.756. The van der Waals surface area contributed by atoms with Crippen molar-refractivity contribution in [2.45, 2.75) is 26.2 Å². The molecule has 1 amide bonds. The number of aryl methyl sites for hydroxylation is 1. The van der Waals surface area contributed by atoms with Crippen molar-refractivity contribution in [1.82, 2.24) is 4.98 Å². The van der Waals surface area contributed by atoms with Gasteiger partial charge in [-0.3, -0.25) is 4.79 Å². The van der Waals surface area contributed by atoms with Gasteiger partial charge in [-0.1, -0.05) is 12.1 Å². The highest BCUT2D eigenvalue weighted by molar-refractivity contribution is 5.98. The van der Waals surface area contributed by atoms with Gasteiger partial charge in [-0.05, 0) is 50.6 Å². The van der Waals surface area contributed by atoms with E-state index in [1.807, 2.05) is 12.1 Å². The molecule has 110 valence electrons. The van der Waals surface area contributed by atoms with E-state index in [9.17, 15) is 9.90 Å². The summed E-state index contributed by atoms with van der Waals surface area (Å²) < 4.78 is 0. The second-order valence-electron chi connectivity index (χ2n) is 5.52. The highest BCUT2D eigenvalue weighted by atomic mass is 16.3. The molecule has 5 heteroatoms. The smallest absolute Gasteiger partial charge is 0.235 e. The average molecular weight is 285 g/mol. The number of hydrogen-bond acceptors (Lipinski definition) is 4. The predicted molar refractivity (Wildman–Crippen MR) is 83.1 cm³/mol. The van der Waals surface area contributed by atoms with Crippen molar-refractivity contribution in [3.05, 3.63) is 47.7 Å². The van der Waals surface area contributed by atoms with Crippen LogP contribution in [0.15, 0.2) is 36.4 Å². The minimum Gasteiger partial charge on any atom is -0.504 e. The second kappa shape index (κ2) is 5.44. The number of aromatic hydroxyl groups is 1. The summed E-state index contributed by atoms with van der Waals surface area (Å²) in [4.78, 5) is 16.6. The summed E-state index contributed by atoms with van der Waals surface area (Å²) in [6.07, 6.45) is 0. The SMILES string of the molecule is Cc1ccc(O)c(NC(=O)C(C)(C)c2ccc(N)cc2)n1. The van der Waals surface area contributed by atoms with Crippen LogP contribution >= 0.6 is 0 Å². The van der Waals surface area contributed by atoms with Crippen molar-refractivity contribution in [3.8, 4) is 5.75 Å². The normalized spacial score (nSPS) is 11.2. The molecule has 0 atom stereocenters. The van der Waals surface area contributed by atoms with Gasteiger partial charge >= 0.3 is 0 Å². The Kier molecular flexibility index (Phi) is 3.84. The van der Waals surface area contributed by atoms with Gasteiger partial charge in [-0.15, -0.1) is 0 Å². The van der Waals surface area contributed by atoms with Crippen molar-refractivity contribution < 1.29 is 9.90 Å². The highest BCUT2D eigenvalue weighted by Crippen LogP contribution is 2.28. The van der Waals surface area contributed by atoms with Crippen LogP contribution in [0.5, 0.6) is 5.75 Å². The van der Waals surface area contributed by atoms with Crippen molar-refractivity contribution in [3.63, 3.8) is 0 Å². The van der Waals surface area contributed by atoms with E-state index in [0.717, 1.165) is 5.56 Å². The molecule has 0 aliphatic heterocycles. The number of nitrogen functional groups attached to an aromatic ring is 1. The number of benzene rings is 1. The van der Waals surface area contributed by atoms with Crippen molar-refractivity contribution in [2.75, 3.05) is 11.1 Å². The lowest BCUT2D eigenvalue weighted by Crippen LogP contribution is -2.35. The van der Waals surface area contributed by atoms with Crippen LogP contribution < -0.4 is 11.1 Å². The number of hydrogen-bond donors (Lipinski definition) is 3.